The van der Waals surface area contributed by atoms with E-state index in [-0.39, 0.29) is 0 Å². The summed E-state index contributed by atoms with van der Waals surface area (Å²) in [6.45, 7) is 0. The topological polar surface area (TPSA) is 114 Å². The fourth-order valence-corrected chi connectivity index (χ4v) is 1.58. The largest absolute Gasteiger partial charge is 0.324 e. The minimum atomic E-state index is 0.390. The maximum absolute atomic E-state index is 5.31. The third-order valence-corrected chi connectivity index (χ3v) is 2.65. The van der Waals surface area contributed by atoms with Crippen LogP contribution in [0.15, 0.2) is 34.8 Å². The monoisotopic (exact) mass is 309 g/mol. The Balaban J connectivity index is 2.25. The van der Waals surface area contributed by atoms with Gasteiger partial charge < -0.3 is 16.2 Å². The van der Waals surface area contributed by atoms with Crippen molar-refractivity contribution in [3.8, 4) is 0 Å². The molecular formula is C10H12BrN7. The third kappa shape index (κ3) is 3.06. The number of nitrogens with zero attached hydrogens (tertiary/aromatic N) is 2. The summed E-state index contributed by atoms with van der Waals surface area (Å²) in [4.78, 5) is 8.30. The number of hydrogen-bond donors (Lipinski definition) is 5. The number of hydrogen-bond acceptors (Lipinski definition) is 7. The van der Waals surface area contributed by atoms with Crippen molar-refractivity contribution in [2.45, 2.75) is 0 Å². The molecule has 1 aromatic carbocycles. The number of rotatable bonds is 4. The lowest BCUT2D eigenvalue weighted by atomic mass is 10.3. The van der Waals surface area contributed by atoms with Gasteiger partial charge in [0.25, 0.3) is 0 Å². The summed E-state index contributed by atoms with van der Waals surface area (Å²) in [6.07, 6.45) is 0. The zero-order valence-electron chi connectivity index (χ0n) is 9.31. The van der Waals surface area contributed by atoms with Crippen LogP contribution in [-0.2, 0) is 0 Å². The molecule has 2 aromatic rings. The molecule has 0 spiro atoms. The number of hydrazine groups is 2. The van der Waals surface area contributed by atoms with Crippen LogP contribution in [-0.4, -0.2) is 9.97 Å². The second-order valence-corrected chi connectivity index (χ2v) is 4.30. The van der Waals surface area contributed by atoms with Crippen LogP contribution >= 0.6 is 15.9 Å². The molecule has 1 aromatic heterocycles. The van der Waals surface area contributed by atoms with Crippen molar-refractivity contribution < 1.29 is 0 Å². The third-order valence-electron chi connectivity index (χ3n) is 2.12. The predicted molar refractivity (Wildman–Crippen MR) is 75.1 cm³/mol. The molecule has 2 rings (SSSR count). The van der Waals surface area contributed by atoms with Gasteiger partial charge in [0, 0.05) is 16.2 Å². The van der Waals surface area contributed by atoms with E-state index in [1.807, 2.05) is 24.3 Å². The number of aromatic nitrogens is 2. The molecule has 7 N–H and O–H groups in total. The number of halogens is 1. The minimum absolute atomic E-state index is 0.390. The first-order chi connectivity index (χ1) is 8.71. The van der Waals surface area contributed by atoms with Crippen LogP contribution < -0.4 is 27.9 Å². The van der Waals surface area contributed by atoms with Gasteiger partial charge in [0.05, 0.1) is 0 Å². The van der Waals surface area contributed by atoms with Gasteiger partial charge in [-0.05, 0) is 24.3 Å². The highest BCUT2D eigenvalue weighted by molar-refractivity contribution is 9.10. The molecule has 7 nitrogen and oxygen atoms in total. The molecule has 1 heterocycles. The highest BCUT2D eigenvalue weighted by Crippen LogP contribution is 2.19. The fraction of sp³-hybridized carbons (Fsp3) is 0. The van der Waals surface area contributed by atoms with Crippen LogP contribution in [0.1, 0.15) is 0 Å². The summed E-state index contributed by atoms with van der Waals surface area (Å²) >= 11 is 3.36. The SMILES string of the molecule is NNc1cc(NN)nc(Nc2ccc(Br)cc2)n1. The Hall–Kier alpha value is -1.90. The molecule has 0 aliphatic rings. The summed E-state index contributed by atoms with van der Waals surface area (Å²) < 4.78 is 0.996. The number of nitrogens with one attached hydrogen (secondary N) is 3. The Labute approximate surface area is 112 Å². The lowest BCUT2D eigenvalue weighted by molar-refractivity contribution is 1.12. The molecule has 0 fully saturated rings. The highest BCUT2D eigenvalue weighted by Gasteiger charge is 2.03. The number of nitrogen functional groups attached to an aromatic ring is 2. The fourth-order valence-electron chi connectivity index (χ4n) is 1.31. The van der Waals surface area contributed by atoms with Crippen LogP contribution in [0.25, 0.3) is 0 Å². The van der Waals surface area contributed by atoms with Crippen LogP contribution in [0.4, 0.5) is 23.3 Å². The van der Waals surface area contributed by atoms with Gasteiger partial charge in [-0.2, -0.15) is 9.97 Å². The van der Waals surface area contributed by atoms with Crippen molar-refractivity contribution in [1.29, 1.82) is 0 Å². The lowest BCUT2D eigenvalue weighted by Gasteiger charge is -2.08. The van der Waals surface area contributed by atoms with E-state index >= 15 is 0 Å². The van der Waals surface area contributed by atoms with E-state index in [1.165, 1.54) is 0 Å². The van der Waals surface area contributed by atoms with E-state index in [1.54, 1.807) is 6.07 Å². The standard InChI is InChI=1S/C10H12BrN7/c11-6-1-3-7(4-2-6)14-10-15-8(17-12)5-9(16-10)18-13/h1-5H,12-13H2,(H3,14,15,16,17,18). The second kappa shape index (κ2) is 5.63. The number of benzene rings is 1. The summed E-state index contributed by atoms with van der Waals surface area (Å²) in [5.74, 6) is 11.9. The summed E-state index contributed by atoms with van der Waals surface area (Å²) in [5.41, 5.74) is 5.74. The Kier molecular flexibility index (Phi) is 3.92. The number of anilines is 4. The molecule has 0 unspecified atom stereocenters. The first-order valence-corrected chi connectivity index (χ1v) is 5.85. The predicted octanol–water partition coefficient (Wildman–Crippen LogP) is 1.55. The number of nitrogens with two attached hydrogens (primary N) is 2. The Morgan fingerprint density at radius 1 is 0.944 bits per heavy atom. The molecule has 0 radical (unpaired) electrons. The Morgan fingerprint density at radius 2 is 1.50 bits per heavy atom. The molecule has 18 heavy (non-hydrogen) atoms. The van der Waals surface area contributed by atoms with Gasteiger partial charge in [0.15, 0.2) is 0 Å². The van der Waals surface area contributed by atoms with Gasteiger partial charge in [0.1, 0.15) is 11.6 Å². The van der Waals surface area contributed by atoms with Crippen molar-refractivity contribution in [2.24, 2.45) is 11.7 Å². The first-order valence-electron chi connectivity index (χ1n) is 5.06. The molecule has 0 saturated carbocycles. The van der Waals surface area contributed by atoms with Crippen molar-refractivity contribution in [1.82, 2.24) is 9.97 Å². The lowest BCUT2D eigenvalue weighted by Crippen LogP contribution is -2.14. The molecule has 0 atom stereocenters. The van der Waals surface area contributed by atoms with E-state index in [4.69, 9.17) is 11.7 Å². The van der Waals surface area contributed by atoms with Gasteiger partial charge >= 0.3 is 0 Å². The minimum Gasteiger partial charge on any atom is -0.324 e. The summed E-state index contributed by atoms with van der Waals surface area (Å²) in [6, 6.07) is 9.20. The Morgan fingerprint density at radius 3 is 2.00 bits per heavy atom. The molecule has 0 aliphatic carbocycles. The van der Waals surface area contributed by atoms with Crippen LogP contribution in [0.5, 0.6) is 0 Å². The van der Waals surface area contributed by atoms with Crippen molar-refractivity contribution in [3.05, 3.63) is 34.8 Å². The van der Waals surface area contributed by atoms with Gasteiger partial charge in [-0.1, -0.05) is 15.9 Å². The normalized spacial score (nSPS) is 9.94. The molecule has 0 saturated heterocycles. The molecule has 0 aliphatic heterocycles. The highest BCUT2D eigenvalue weighted by atomic mass is 79.9. The van der Waals surface area contributed by atoms with E-state index < -0.39 is 0 Å². The molecular weight excluding hydrogens is 298 g/mol. The smallest absolute Gasteiger partial charge is 0.231 e. The maximum Gasteiger partial charge on any atom is 0.231 e. The van der Waals surface area contributed by atoms with Gasteiger partial charge in [-0.25, -0.2) is 11.7 Å². The molecule has 8 heteroatoms. The average Bonchev–Trinajstić information content (AvgIpc) is 2.41. The quantitative estimate of drug-likeness (QED) is 0.430. The van der Waals surface area contributed by atoms with Crippen molar-refractivity contribution >= 4 is 39.2 Å². The van der Waals surface area contributed by atoms with E-state index in [9.17, 15) is 0 Å². The van der Waals surface area contributed by atoms with Gasteiger partial charge in [-0.15, -0.1) is 0 Å². The second-order valence-electron chi connectivity index (χ2n) is 3.38. The zero-order chi connectivity index (χ0) is 13.0. The van der Waals surface area contributed by atoms with Gasteiger partial charge in [-0.3, -0.25) is 0 Å². The van der Waals surface area contributed by atoms with E-state index in [2.05, 4.69) is 42.1 Å². The Bertz CT molecular complexity index is 506. The van der Waals surface area contributed by atoms with Crippen LogP contribution in [0.2, 0.25) is 0 Å². The van der Waals surface area contributed by atoms with Crippen molar-refractivity contribution in [3.63, 3.8) is 0 Å². The zero-order valence-corrected chi connectivity index (χ0v) is 10.9. The molecule has 94 valence electrons. The summed E-state index contributed by atoms with van der Waals surface area (Å²) in [7, 11) is 0. The van der Waals surface area contributed by atoms with Crippen LogP contribution in [0.3, 0.4) is 0 Å². The van der Waals surface area contributed by atoms with Crippen LogP contribution in [0, 0.1) is 0 Å². The molecule has 0 bridgehead atoms. The van der Waals surface area contributed by atoms with Gasteiger partial charge in [0.2, 0.25) is 5.95 Å². The first kappa shape index (κ1) is 12.6. The summed E-state index contributed by atoms with van der Waals surface area (Å²) in [5, 5.41) is 3.05. The molecule has 0 amide bonds. The van der Waals surface area contributed by atoms with Crippen molar-refractivity contribution in [2.75, 3.05) is 16.2 Å². The average molecular weight is 310 g/mol. The maximum atomic E-state index is 5.31. The van der Waals surface area contributed by atoms with E-state index in [0.717, 1.165) is 10.2 Å². The van der Waals surface area contributed by atoms with E-state index in [0.29, 0.717) is 17.6 Å².